The number of nitrogens with one attached hydrogen (secondary N) is 3. The number of hydrogen-bond acceptors (Lipinski definition) is 7. The van der Waals surface area contributed by atoms with Crippen molar-refractivity contribution in [3.8, 4) is 11.4 Å². The van der Waals surface area contributed by atoms with Gasteiger partial charge in [0.1, 0.15) is 11.4 Å². The van der Waals surface area contributed by atoms with Crippen LogP contribution >= 0.6 is 11.6 Å². The molecule has 1 aliphatic heterocycles. The van der Waals surface area contributed by atoms with Gasteiger partial charge in [0.15, 0.2) is 0 Å². The van der Waals surface area contributed by atoms with Crippen molar-refractivity contribution in [3.63, 3.8) is 0 Å². The van der Waals surface area contributed by atoms with E-state index in [0.29, 0.717) is 34.4 Å². The van der Waals surface area contributed by atoms with Crippen molar-refractivity contribution in [2.75, 3.05) is 44.7 Å². The summed E-state index contributed by atoms with van der Waals surface area (Å²) < 4.78 is 7.25. The number of aromatic nitrogens is 5. The van der Waals surface area contributed by atoms with Crippen LogP contribution in [0, 0.1) is 0 Å². The van der Waals surface area contributed by atoms with Gasteiger partial charge in [-0.2, -0.15) is 0 Å². The zero-order chi connectivity index (χ0) is 25.6. The average molecular weight is 523 g/mol. The van der Waals surface area contributed by atoms with Gasteiger partial charge in [-0.15, -0.1) is 0 Å². The number of morpholine rings is 1. The van der Waals surface area contributed by atoms with E-state index in [1.165, 1.54) is 0 Å². The standard InChI is InChI=1S/C26H31ClN8O2/c1-34-16-23(30-17-34)21-5-7-29-26(33-21)31-19-13-18-14-22(32-24(18)20(27)15-19)25(36)28-6-3-2-4-8-35-9-11-37-12-10-35/h5,7,13-17,32H,2-4,6,8-12H2,1H3,(H,28,36)(H,29,31,33). The predicted octanol–water partition coefficient (Wildman–Crippen LogP) is 3.99. The SMILES string of the molecule is Cn1cnc(-c2ccnc(Nc3cc(Cl)c4[nH]c(C(=O)NCCCCCN5CCOCC5)cc4c3)n2)c1. The molecule has 10 nitrogen and oxygen atoms in total. The van der Waals surface area contributed by atoms with Crippen molar-refractivity contribution in [2.45, 2.75) is 19.3 Å². The molecule has 0 atom stereocenters. The van der Waals surface area contributed by atoms with Gasteiger partial charge in [-0.25, -0.2) is 15.0 Å². The van der Waals surface area contributed by atoms with E-state index in [2.05, 4.69) is 35.5 Å². The third-order valence-corrected chi connectivity index (χ3v) is 6.64. The normalized spacial score (nSPS) is 14.2. The molecule has 194 valence electrons. The van der Waals surface area contributed by atoms with Crippen LogP contribution in [0.5, 0.6) is 0 Å². The quantitative estimate of drug-likeness (QED) is 0.270. The van der Waals surface area contributed by atoms with E-state index in [9.17, 15) is 4.79 Å². The second-order valence-corrected chi connectivity index (χ2v) is 9.60. The number of imidazole rings is 1. The summed E-state index contributed by atoms with van der Waals surface area (Å²) in [5.41, 5.74) is 3.40. The number of amides is 1. The number of halogens is 1. The summed E-state index contributed by atoms with van der Waals surface area (Å²) in [4.78, 5) is 31.5. The van der Waals surface area contributed by atoms with Crippen molar-refractivity contribution >= 4 is 40.0 Å². The van der Waals surface area contributed by atoms with Gasteiger partial charge >= 0.3 is 0 Å². The number of aromatic amines is 1. The number of H-pyrrole nitrogens is 1. The number of benzene rings is 1. The van der Waals surface area contributed by atoms with Crippen molar-refractivity contribution in [1.82, 2.24) is 34.7 Å². The Morgan fingerprint density at radius 1 is 1.14 bits per heavy atom. The van der Waals surface area contributed by atoms with E-state index in [0.717, 1.165) is 68.9 Å². The number of fused-ring (bicyclic) bond motifs is 1. The average Bonchev–Trinajstić information content (AvgIpc) is 3.54. The molecule has 1 fully saturated rings. The van der Waals surface area contributed by atoms with Crippen molar-refractivity contribution in [3.05, 3.63) is 53.7 Å². The highest BCUT2D eigenvalue weighted by Crippen LogP contribution is 2.29. The highest BCUT2D eigenvalue weighted by atomic mass is 35.5. The first-order valence-electron chi connectivity index (χ1n) is 12.5. The van der Waals surface area contributed by atoms with Gasteiger partial charge in [0.05, 0.1) is 35.8 Å². The van der Waals surface area contributed by atoms with Crippen molar-refractivity contribution in [1.29, 1.82) is 0 Å². The number of nitrogens with zero attached hydrogens (tertiary/aromatic N) is 5. The molecular formula is C26H31ClN8O2. The van der Waals surface area contributed by atoms with Gasteiger partial charge < -0.3 is 24.9 Å². The Hall–Kier alpha value is -3.47. The molecule has 1 aromatic carbocycles. The van der Waals surface area contributed by atoms with E-state index < -0.39 is 0 Å². The molecule has 11 heteroatoms. The third-order valence-electron chi connectivity index (χ3n) is 6.34. The number of hydrogen-bond donors (Lipinski definition) is 3. The molecule has 0 spiro atoms. The maximum Gasteiger partial charge on any atom is 0.267 e. The summed E-state index contributed by atoms with van der Waals surface area (Å²) in [5, 5.41) is 7.54. The fourth-order valence-corrected chi connectivity index (χ4v) is 4.66. The molecule has 1 saturated heterocycles. The molecule has 4 heterocycles. The molecule has 0 radical (unpaired) electrons. The topological polar surface area (TPSA) is 113 Å². The van der Waals surface area contributed by atoms with Crippen LogP contribution in [0.1, 0.15) is 29.8 Å². The zero-order valence-corrected chi connectivity index (χ0v) is 21.6. The van der Waals surface area contributed by atoms with Gasteiger partial charge in [-0.1, -0.05) is 18.0 Å². The number of carbonyl (C=O) groups is 1. The maximum atomic E-state index is 12.7. The van der Waals surface area contributed by atoms with Crippen LogP contribution in [0.4, 0.5) is 11.6 Å². The number of ether oxygens (including phenoxy) is 1. The summed E-state index contributed by atoms with van der Waals surface area (Å²) in [5.74, 6) is 0.294. The Labute approximate surface area is 220 Å². The van der Waals surface area contributed by atoms with Crippen molar-refractivity contribution < 1.29 is 9.53 Å². The van der Waals surface area contributed by atoms with Gasteiger partial charge in [-0.3, -0.25) is 9.69 Å². The van der Waals surface area contributed by atoms with Gasteiger partial charge in [0.25, 0.3) is 5.91 Å². The first-order chi connectivity index (χ1) is 18.0. The molecule has 0 aliphatic carbocycles. The van der Waals surface area contributed by atoms with Crippen LogP contribution in [0.3, 0.4) is 0 Å². The monoisotopic (exact) mass is 522 g/mol. The van der Waals surface area contributed by atoms with Gasteiger partial charge in [0, 0.05) is 50.1 Å². The van der Waals surface area contributed by atoms with Crippen molar-refractivity contribution in [2.24, 2.45) is 7.05 Å². The van der Waals surface area contributed by atoms with Crippen LogP contribution < -0.4 is 10.6 Å². The molecule has 37 heavy (non-hydrogen) atoms. The van der Waals surface area contributed by atoms with Crippen LogP contribution in [0.25, 0.3) is 22.3 Å². The number of unbranched alkanes of at least 4 members (excludes halogenated alkanes) is 2. The molecule has 4 aromatic rings. The van der Waals surface area contributed by atoms with E-state index >= 15 is 0 Å². The molecule has 0 bridgehead atoms. The molecule has 3 N–H and O–H groups in total. The minimum atomic E-state index is -0.138. The summed E-state index contributed by atoms with van der Waals surface area (Å²) in [6.45, 7) is 5.42. The minimum Gasteiger partial charge on any atom is -0.379 e. The summed E-state index contributed by atoms with van der Waals surface area (Å²) in [7, 11) is 1.91. The third kappa shape index (κ3) is 6.46. The highest BCUT2D eigenvalue weighted by Gasteiger charge is 2.14. The highest BCUT2D eigenvalue weighted by molar-refractivity contribution is 6.35. The van der Waals surface area contributed by atoms with Crippen LogP contribution in [0.15, 0.2) is 43.0 Å². The largest absolute Gasteiger partial charge is 0.379 e. The Kier molecular flexibility index (Phi) is 7.98. The van der Waals surface area contributed by atoms with E-state index in [-0.39, 0.29) is 5.91 Å². The molecule has 3 aromatic heterocycles. The fraction of sp³-hybridized carbons (Fsp3) is 0.385. The summed E-state index contributed by atoms with van der Waals surface area (Å²) in [6, 6.07) is 7.32. The smallest absolute Gasteiger partial charge is 0.267 e. The molecule has 5 rings (SSSR count). The Morgan fingerprint density at radius 2 is 2.00 bits per heavy atom. The Morgan fingerprint density at radius 3 is 2.81 bits per heavy atom. The second kappa shape index (κ2) is 11.7. The maximum absolute atomic E-state index is 12.7. The molecule has 0 unspecified atom stereocenters. The summed E-state index contributed by atoms with van der Waals surface area (Å²) in [6.07, 6.45) is 8.46. The number of anilines is 2. The molecular weight excluding hydrogens is 492 g/mol. The van der Waals surface area contributed by atoms with E-state index in [1.807, 2.05) is 36.0 Å². The number of rotatable bonds is 10. The van der Waals surface area contributed by atoms with Crippen LogP contribution in [-0.4, -0.2) is 74.7 Å². The minimum absolute atomic E-state index is 0.138. The lowest BCUT2D eigenvalue weighted by atomic mass is 10.2. The van der Waals surface area contributed by atoms with E-state index in [1.54, 1.807) is 18.6 Å². The lowest BCUT2D eigenvalue weighted by Crippen LogP contribution is -2.36. The number of aryl methyl sites for hydroxylation is 1. The predicted molar refractivity (Wildman–Crippen MR) is 144 cm³/mol. The molecule has 0 saturated carbocycles. The van der Waals surface area contributed by atoms with E-state index in [4.69, 9.17) is 16.3 Å². The number of carbonyl (C=O) groups excluding carboxylic acids is 1. The molecule has 1 aliphatic rings. The Bertz CT molecular complexity index is 1360. The Balaban J connectivity index is 1.16. The van der Waals surface area contributed by atoms with Crippen LogP contribution in [0.2, 0.25) is 5.02 Å². The zero-order valence-electron chi connectivity index (χ0n) is 20.8. The molecule has 1 amide bonds. The van der Waals surface area contributed by atoms with Gasteiger partial charge in [0.2, 0.25) is 5.95 Å². The summed E-state index contributed by atoms with van der Waals surface area (Å²) >= 11 is 6.53. The van der Waals surface area contributed by atoms with Crippen LogP contribution in [-0.2, 0) is 11.8 Å². The fourth-order valence-electron chi connectivity index (χ4n) is 4.39. The second-order valence-electron chi connectivity index (χ2n) is 9.19. The lowest BCUT2D eigenvalue weighted by Gasteiger charge is -2.26. The lowest BCUT2D eigenvalue weighted by molar-refractivity contribution is 0.0371. The first kappa shape index (κ1) is 25.2. The first-order valence-corrected chi connectivity index (χ1v) is 12.9. The van der Waals surface area contributed by atoms with Gasteiger partial charge in [-0.05, 0) is 43.7 Å².